The van der Waals surface area contributed by atoms with E-state index < -0.39 is 5.97 Å². The molecule has 2 aromatic rings. The number of amides is 1. The number of carbonyl (C=O) groups is 2. The minimum absolute atomic E-state index is 0.170. The molecule has 1 amide bonds. The lowest BCUT2D eigenvalue weighted by Gasteiger charge is -2.34. The second-order valence-corrected chi connectivity index (χ2v) is 6.24. The number of nitrogens with zero attached hydrogens (tertiary/aromatic N) is 4. The van der Waals surface area contributed by atoms with E-state index in [1.54, 1.807) is 23.4 Å². The maximum Gasteiger partial charge on any atom is 0.310 e. The molecule has 136 valence electrons. The quantitative estimate of drug-likeness (QED) is 0.752. The van der Waals surface area contributed by atoms with E-state index >= 15 is 0 Å². The van der Waals surface area contributed by atoms with Gasteiger partial charge in [0.2, 0.25) is 5.95 Å². The molecule has 1 fully saturated rings. The average Bonchev–Trinajstić information content (AvgIpc) is 2.69. The van der Waals surface area contributed by atoms with Crippen molar-refractivity contribution in [3.05, 3.63) is 53.9 Å². The van der Waals surface area contributed by atoms with E-state index in [4.69, 9.17) is 4.74 Å². The van der Waals surface area contributed by atoms with Crippen molar-refractivity contribution in [1.82, 2.24) is 14.9 Å². The average molecular weight is 354 g/mol. The van der Waals surface area contributed by atoms with Crippen LogP contribution in [0, 0.1) is 6.92 Å². The predicted octanol–water partition coefficient (Wildman–Crippen LogP) is 1.22. The summed E-state index contributed by atoms with van der Waals surface area (Å²) in [5.74, 6) is 0.110. The van der Waals surface area contributed by atoms with Gasteiger partial charge in [0.25, 0.3) is 5.91 Å². The van der Waals surface area contributed by atoms with E-state index in [-0.39, 0.29) is 18.9 Å². The summed E-state index contributed by atoms with van der Waals surface area (Å²) in [7, 11) is 0. The SMILES string of the molecule is Cc1ccc(CC(=O)OCC(=O)N2CCN(c3ncccn3)CC2)cc1. The molecule has 1 aromatic carbocycles. The fourth-order valence-corrected chi connectivity index (χ4v) is 2.77. The van der Waals surface area contributed by atoms with Crippen molar-refractivity contribution in [3.63, 3.8) is 0 Å². The molecule has 1 saturated heterocycles. The van der Waals surface area contributed by atoms with E-state index in [2.05, 4.69) is 9.97 Å². The highest BCUT2D eigenvalue weighted by Gasteiger charge is 2.23. The molecule has 0 saturated carbocycles. The molecule has 1 aliphatic rings. The Kier molecular flexibility index (Phi) is 5.78. The van der Waals surface area contributed by atoms with Crippen molar-refractivity contribution in [2.24, 2.45) is 0 Å². The summed E-state index contributed by atoms with van der Waals surface area (Å²) >= 11 is 0. The van der Waals surface area contributed by atoms with Crippen LogP contribution in [0.1, 0.15) is 11.1 Å². The first-order valence-electron chi connectivity index (χ1n) is 8.63. The predicted molar refractivity (Wildman–Crippen MR) is 96.7 cm³/mol. The Morgan fingerprint density at radius 1 is 1.04 bits per heavy atom. The Bertz CT molecular complexity index is 741. The lowest BCUT2D eigenvalue weighted by atomic mass is 10.1. The summed E-state index contributed by atoms with van der Waals surface area (Å²) in [5, 5.41) is 0. The van der Waals surface area contributed by atoms with Gasteiger partial charge in [-0.3, -0.25) is 9.59 Å². The number of benzene rings is 1. The third-order valence-electron chi connectivity index (χ3n) is 4.29. The van der Waals surface area contributed by atoms with Gasteiger partial charge in [-0.2, -0.15) is 0 Å². The molecule has 26 heavy (non-hydrogen) atoms. The summed E-state index contributed by atoms with van der Waals surface area (Å²) in [4.78, 5) is 36.3. The highest BCUT2D eigenvalue weighted by molar-refractivity contribution is 5.81. The Morgan fingerprint density at radius 2 is 1.69 bits per heavy atom. The molecule has 0 aliphatic carbocycles. The molecule has 2 heterocycles. The summed E-state index contributed by atoms with van der Waals surface area (Å²) in [6, 6.07) is 9.45. The monoisotopic (exact) mass is 354 g/mol. The summed E-state index contributed by atoms with van der Waals surface area (Å²) in [6.45, 7) is 4.22. The van der Waals surface area contributed by atoms with Crippen LogP contribution in [0.3, 0.4) is 0 Å². The smallest absolute Gasteiger partial charge is 0.310 e. The van der Waals surface area contributed by atoms with Crippen molar-refractivity contribution >= 4 is 17.8 Å². The lowest BCUT2D eigenvalue weighted by Crippen LogP contribution is -2.50. The van der Waals surface area contributed by atoms with Crippen LogP contribution >= 0.6 is 0 Å². The zero-order valence-electron chi connectivity index (χ0n) is 14.8. The number of aromatic nitrogens is 2. The lowest BCUT2D eigenvalue weighted by molar-refractivity contribution is -0.151. The minimum Gasteiger partial charge on any atom is -0.455 e. The number of piperazine rings is 1. The van der Waals surface area contributed by atoms with Crippen molar-refractivity contribution in [3.8, 4) is 0 Å². The molecule has 0 N–H and O–H groups in total. The molecule has 3 rings (SSSR count). The number of anilines is 1. The van der Waals surface area contributed by atoms with Gasteiger partial charge in [-0.05, 0) is 18.6 Å². The zero-order chi connectivity index (χ0) is 18.4. The first-order valence-corrected chi connectivity index (χ1v) is 8.63. The number of aryl methyl sites for hydroxylation is 1. The van der Waals surface area contributed by atoms with Gasteiger partial charge in [0.15, 0.2) is 6.61 Å². The summed E-state index contributed by atoms with van der Waals surface area (Å²) in [6.07, 6.45) is 3.58. The van der Waals surface area contributed by atoms with Crippen LogP contribution in [0.4, 0.5) is 5.95 Å². The van der Waals surface area contributed by atoms with Gasteiger partial charge < -0.3 is 14.5 Å². The van der Waals surface area contributed by atoms with E-state index in [9.17, 15) is 9.59 Å². The van der Waals surface area contributed by atoms with Gasteiger partial charge in [0.05, 0.1) is 6.42 Å². The van der Waals surface area contributed by atoms with E-state index in [0.717, 1.165) is 11.1 Å². The van der Waals surface area contributed by atoms with Crippen LogP contribution in [0.5, 0.6) is 0 Å². The van der Waals surface area contributed by atoms with Gasteiger partial charge in [0.1, 0.15) is 0 Å². The Morgan fingerprint density at radius 3 is 2.35 bits per heavy atom. The molecule has 0 bridgehead atoms. The van der Waals surface area contributed by atoms with Gasteiger partial charge in [-0.1, -0.05) is 29.8 Å². The number of rotatable bonds is 5. The van der Waals surface area contributed by atoms with Crippen LogP contribution in [0.25, 0.3) is 0 Å². The van der Waals surface area contributed by atoms with Gasteiger partial charge in [-0.25, -0.2) is 9.97 Å². The van der Waals surface area contributed by atoms with E-state index in [0.29, 0.717) is 32.1 Å². The molecular formula is C19H22N4O3. The van der Waals surface area contributed by atoms with Gasteiger partial charge in [-0.15, -0.1) is 0 Å². The van der Waals surface area contributed by atoms with Crippen LogP contribution in [-0.4, -0.2) is 59.5 Å². The van der Waals surface area contributed by atoms with Crippen molar-refractivity contribution in [2.45, 2.75) is 13.3 Å². The maximum atomic E-state index is 12.2. The van der Waals surface area contributed by atoms with Crippen molar-refractivity contribution in [1.29, 1.82) is 0 Å². The highest BCUT2D eigenvalue weighted by atomic mass is 16.5. The fraction of sp³-hybridized carbons (Fsp3) is 0.368. The fourth-order valence-electron chi connectivity index (χ4n) is 2.77. The second kappa shape index (κ2) is 8.42. The zero-order valence-corrected chi connectivity index (χ0v) is 14.8. The molecule has 7 nitrogen and oxygen atoms in total. The third-order valence-corrected chi connectivity index (χ3v) is 4.29. The normalized spacial score (nSPS) is 14.2. The second-order valence-electron chi connectivity index (χ2n) is 6.24. The standard InChI is InChI=1S/C19H22N4O3/c1-15-3-5-16(6-4-15)13-18(25)26-14-17(24)22-9-11-23(12-10-22)19-20-7-2-8-21-19/h2-8H,9-14H2,1H3. The Balaban J connectivity index is 1.41. The number of hydrogen-bond acceptors (Lipinski definition) is 6. The topological polar surface area (TPSA) is 75.6 Å². The molecule has 7 heteroatoms. The molecule has 0 spiro atoms. The molecule has 1 aliphatic heterocycles. The third kappa shape index (κ3) is 4.78. The van der Waals surface area contributed by atoms with Crippen molar-refractivity contribution < 1.29 is 14.3 Å². The van der Waals surface area contributed by atoms with Gasteiger partial charge in [0, 0.05) is 38.6 Å². The highest BCUT2D eigenvalue weighted by Crippen LogP contribution is 2.10. The molecular weight excluding hydrogens is 332 g/mol. The molecule has 0 atom stereocenters. The molecule has 0 radical (unpaired) electrons. The maximum absolute atomic E-state index is 12.2. The van der Waals surface area contributed by atoms with Crippen molar-refractivity contribution in [2.75, 3.05) is 37.7 Å². The van der Waals surface area contributed by atoms with Crippen LogP contribution < -0.4 is 4.90 Å². The largest absolute Gasteiger partial charge is 0.455 e. The number of carbonyl (C=O) groups excluding carboxylic acids is 2. The molecule has 1 aromatic heterocycles. The number of ether oxygens (including phenoxy) is 1. The first-order chi connectivity index (χ1) is 12.6. The first kappa shape index (κ1) is 17.8. The minimum atomic E-state index is -0.390. The summed E-state index contributed by atoms with van der Waals surface area (Å²) in [5.41, 5.74) is 2.02. The number of hydrogen-bond donors (Lipinski definition) is 0. The van der Waals surface area contributed by atoms with Gasteiger partial charge >= 0.3 is 5.97 Å². The van der Waals surface area contributed by atoms with Crippen LogP contribution in [0.15, 0.2) is 42.7 Å². The summed E-state index contributed by atoms with van der Waals surface area (Å²) < 4.78 is 5.13. The Labute approximate surface area is 152 Å². The van der Waals surface area contributed by atoms with E-state index in [1.165, 1.54) is 0 Å². The van der Waals surface area contributed by atoms with Crippen LogP contribution in [0.2, 0.25) is 0 Å². The Hall–Kier alpha value is -2.96. The van der Waals surface area contributed by atoms with E-state index in [1.807, 2.05) is 36.1 Å². The number of esters is 1. The van der Waals surface area contributed by atoms with Crippen LogP contribution in [-0.2, 0) is 20.7 Å². The molecule has 0 unspecified atom stereocenters.